The molecule has 5 nitrogen and oxygen atoms in total. The third-order valence-electron chi connectivity index (χ3n) is 10.0. The van der Waals surface area contributed by atoms with Crippen molar-refractivity contribution in [1.82, 2.24) is 9.80 Å². The second-order valence-electron chi connectivity index (χ2n) is 12.4. The highest BCUT2D eigenvalue weighted by molar-refractivity contribution is 5.76. The summed E-state index contributed by atoms with van der Waals surface area (Å²) in [6.45, 7) is 3.26. The van der Waals surface area contributed by atoms with Crippen molar-refractivity contribution < 1.29 is 14.3 Å². The number of benzene rings is 2. The maximum atomic E-state index is 13.4. The van der Waals surface area contributed by atoms with Gasteiger partial charge in [0.2, 0.25) is 5.91 Å². The highest BCUT2D eigenvalue weighted by Crippen LogP contribution is 2.54. The lowest BCUT2D eigenvalue weighted by atomic mass is 9.55. The molecular formula is C34H48N2O3. The van der Waals surface area contributed by atoms with Crippen LogP contribution in [0.5, 0.6) is 5.75 Å². The van der Waals surface area contributed by atoms with E-state index in [2.05, 4.69) is 58.3 Å². The Labute approximate surface area is 235 Å². The molecule has 0 bridgehead atoms. The maximum Gasteiger partial charge on any atom is 0.222 e. The van der Waals surface area contributed by atoms with E-state index in [0.717, 1.165) is 76.1 Å². The van der Waals surface area contributed by atoms with E-state index < -0.39 is 0 Å². The Morgan fingerprint density at radius 1 is 1.00 bits per heavy atom. The standard InChI is InChI=1S/C34H48N2O3/c1-35(32(37)16-9-5-8-13-27-11-6-4-7-12-27)30-19-20-34(39-3)26-36(25-28-17-18-28)22-21-33(34,24-30)29-14-10-15-31(23-29)38-2/h4,6-7,10-12,14-15,23,28,30H,5,8-9,13,16-22,24-26H2,1-3H3/t30-,33-,34-/m0/s1. The first-order valence-electron chi connectivity index (χ1n) is 15.2. The quantitative estimate of drug-likeness (QED) is 0.303. The van der Waals surface area contributed by atoms with Crippen molar-refractivity contribution in [2.75, 3.05) is 40.9 Å². The maximum absolute atomic E-state index is 13.4. The zero-order chi connectivity index (χ0) is 27.3. The van der Waals surface area contributed by atoms with Crippen molar-refractivity contribution in [2.24, 2.45) is 5.92 Å². The minimum absolute atomic E-state index is 0.135. The molecule has 3 fully saturated rings. The van der Waals surface area contributed by atoms with Crippen LogP contribution >= 0.6 is 0 Å². The predicted molar refractivity (Wildman–Crippen MR) is 157 cm³/mol. The fraction of sp³-hybridized carbons (Fsp3) is 0.618. The van der Waals surface area contributed by atoms with Gasteiger partial charge in [0.1, 0.15) is 5.75 Å². The summed E-state index contributed by atoms with van der Waals surface area (Å²) in [6, 6.07) is 19.5. The van der Waals surface area contributed by atoms with Gasteiger partial charge in [0.15, 0.2) is 0 Å². The summed E-state index contributed by atoms with van der Waals surface area (Å²) in [7, 11) is 5.70. The molecule has 2 saturated carbocycles. The Hall–Kier alpha value is -2.37. The topological polar surface area (TPSA) is 42.0 Å². The van der Waals surface area contributed by atoms with Crippen molar-refractivity contribution in [1.29, 1.82) is 0 Å². The zero-order valence-electron chi connectivity index (χ0n) is 24.4. The molecule has 2 aromatic rings. The Kier molecular flexibility index (Phi) is 8.98. The van der Waals surface area contributed by atoms with Crippen LogP contribution in [-0.2, 0) is 21.4 Å². The van der Waals surface area contributed by atoms with Crippen LogP contribution in [0, 0.1) is 5.92 Å². The van der Waals surface area contributed by atoms with Gasteiger partial charge in [-0.2, -0.15) is 0 Å². The van der Waals surface area contributed by atoms with E-state index in [1.807, 2.05) is 20.2 Å². The monoisotopic (exact) mass is 532 g/mol. The summed E-state index contributed by atoms with van der Waals surface area (Å²) < 4.78 is 12.2. The number of fused-ring (bicyclic) bond motifs is 1. The first-order chi connectivity index (χ1) is 19.0. The van der Waals surface area contributed by atoms with Crippen LogP contribution < -0.4 is 4.74 Å². The second-order valence-corrected chi connectivity index (χ2v) is 12.4. The largest absolute Gasteiger partial charge is 0.497 e. The molecule has 5 rings (SSSR count). The van der Waals surface area contributed by atoms with Crippen molar-refractivity contribution in [3.63, 3.8) is 0 Å². The highest BCUT2D eigenvalue weighted by atomic mass is 16.5. The van der Waals surface area contributed by atoms with Crippen molar-refractivity contribution >= 4 is 5.91 Å². The minimum Gasteiger partial charge on any atom is -0.497 e. The van der Waals surface area contributed by atoms with Crippen LogP contribution in [0.4, 0.5) is 0 Å². The number of hydrogen-bond acceptors (Lipinski definition) is 4. The lowest BCUT2D eigenvalue weighted by molar-refractivity contribution is -0.160. The molecule has 1 heterocycles. The predicted octanol–water partition coefficient (Wildman–Crippen LogP) is 6.25. The third kappa shape index (κ3) is 6.20. The van der Waals surface area contributed by atoms with Crippen LogP contribution in [0.1, 0.15) is 75.3 Å². The molecule has 0 unspecified atom stereocenters. The van der Waals surface area contributed by atoms with Gasteiger partial charge in [-0.25, -0.2) is 0 Å². The zero-order valence-corrected chi connectivity index (χ0v) is 24.4. The van der Waals surface area contributed by atoms with Gasteiger partial charge in [-0.1, -0.05) is 48.9 Å². The van der Waals surface area contributed by atoms with Crippen molar-refractivity contribution in [3.8, 4) is 5.75 Å². The van der Waals surface area contributed by atoms with E-state index in [1.165, 1.54) is 30.5 Å². The molecule has 0 aromatic heterocycles. The van der Waals surface area contributed by atoms with Gasteiger partial charge < -0.3 is 19.3 Å². The number of hydrogen-bond donors (Lipinski definition) is 0. The Morgan fingerprint density at radius 3 is 2.56 bits per heavy atom. The molecular weight excluding hydrogens is 484 g/mol. The fourth-order valence-corrected chi connectivity index (χ4v) is 7.45. The molecule has 39 heavy (non-hydrogen) atoms. The molecule has 212 valence electrons. The van der Waals surface area contributed by atoms with Crippen LogP contribution in [0.25, 0.3) is 0 Å². The van der Waals surface area contributed by atoms with E-state index in [4.69, 9.17) is 9.47 Å². The number of aryl methyl sites for hydroxylation is 1. The van der Waals surface area contributed by atoms with Gasteiger partial charge in [-0.15, -0.1) is 0 Å². The van der Waals surface area contributed by atoms with E-state index in [1.54, 1.807) is 7.11 Å². The minimum atomic E-state index is -0.246. The Morgan fingerprint density at radius 2 is 1.82 bits per heavy atom. The molecule has 3 aliphatic rings. The number of amides is 1. The average Bonchev–Trinajstić information content (AvgIpc) is 3.80. The van der Waals surface area contributed by atoms with Crippen molar-refractivity contribution in [2.45, 2.75) is 87.7 Å². The molecule has 2 aliphatic carbocycles. The summed E-state index contributed by atoms with van der Waals surface area (Å²) >= 11 is 0. The van der Waals surface area contributed by atoms with Crippen LogP contribution in [-0.4, -0.2) is 68.3 Å². The number of piperidine rings is 1. The lowest BCUT2D eigenvalue weighted by Gasteiger charge is -2.60. The summed E-state index contributed by atoms with van der Waals surface area (Å²) in [5, 5.41) is 0. The number of carbonyl (C=O) groups excluding carboxylic acids is 1. The number of unbranched alkanes of at least 4 members (excludes halogenated alkanes) is 2. The number of nitrogens with zero attached hydrogens (tertiary/aromatic N) is 2. The number of ether oxygens (including phenoxy) is 2. The first kappa shape index (κ1) is 28.2. The van der Waals surface area contributed by atoms with Gasteiger partial charge in [0.05, 0.1) is 12.7 Å². The van der Waals surface area contributed by atoms with Crippen LogP contribution in [0.15, 0.2) is 54.6 Å². The summed E-state index contributed by atoms with van der Waals surface area (Å²) in [4.78, 5) is 18.1. The van der Waals surface area contributed by atoms with E-state index in [9.17, 15) is 4.79 Å². The van der Waals surface area contributed by atoms with Crippen LogP contribution in [0.2, 0.25) is 0 Å². The molecule has 0 radical (unpaired) electrons. The number of methoxy groups -OCH3 is 2. The smallest absolute Gasteiger partial charge is 0.222 e. The van der Waals surface area contributed by atoms with Gasteiger partial charge in [-0.05, 0) is 93.5 Å². The van der Waals surface area contributed by atoms with Crippen LogP contribution in [0.3, 0.4) is 0 Å². The summed E-state index contributed by atoms with van der Waals surface area (Å²) in [5.41, 5.74) is 2.31. The van der Waals surface area contributed by atoms with Crippen molar-refractivity contribution in [3.05, 3.63) is 65.7 Å². The number of likely N-dealkylation sites (tertiary alicyclic amines) is 1. The van der Waals surface area contributed by atoms with E-state index in [0.29, 0.717) is 6.42 Å². The fourth-order valence-electron chi connectivity index (χ4n) is 7.45. The number of rotatable bonds is 12. The van der Waals surface area contributed by atoms with E-state index in [-0.39, 0.29) is 23.0 Å². The SMILES string of the molecule is COc1cccc([C@@]23CCN(CC4CC4)C[C@@]2(OC)CC[C@H](N(C)C(=O)CCCCCc2ccccc2)C3)c1. The normalized spacial score (nSPS) is 27.1. The Bertz CT molecular complexity index is 1090. The average molecular weight is 533 g/mol. The molecule has 1 amide bonds. The van der Waals surface area contributed by atoms with Gasteiger partial charge in [-0.3, -0.25) is 4.79 Å². The molecule has 5 heteroatoms. The Balaban J connectivity index is 1.27. The molecule has 0 spiro atoms. The first-order valence-corrected chi connectivity index (χ1v) is 15.2. The molecule has 3 atom stereocenters. The molecule has 2 aromatic carbocycles. The highest BCUT2D eigenvalue weighted by Gasteiger charge is 2.59. The second kappa shape index (κ2) is 12.4. The summed E-state index contributed by atoms with van der Waals surface area (Å²) in [6.07, 6.45) is 11.6. The molecule has 0 N–H and O–H groups in total. The molecule has 1 saturated heterocycles. The van der Waals surface area contributed by atoms with Gasteiger partial charge in [0.25, 0.3) is 0 Å². The third-order valence-corrected chi connectivity index (χ3v) is 10.0. The van der Waals surface area contributed by atoms with E-state index >= 15 is 0 Å². The summed E-state index contributed by atoms with van der Waals surface area (Å²) in [5.74, 6) is 2.06. The number of carbonyl (C=O) groups is 1. The van der Waals surface area contributed by atoms with Gasteiger partial charge in [0, 0.05) is 45.1 Å². The lowest BCUT2D eigenvalue weighted by Crippen LogP contribution is -2.68. The molecule has 1 aliphatic heterocycles. The van der Waals surface area contributed by atoms with Gasteiger partial charge >= 0.3 is 0 Å².